The van der Waals surface area contributed by atoms with Crippen LogP contribution < -0.4 is 4.90 Å². The van der Waals surface area contributed by atoms with E-state index < -0.39 is 0 Å². The molecule has 3 radical (unpaired) electrons. The first kappa shape index (κ1) is 33.0. The van der Waals surface area contributed by atoms with E-state index in [2.05, 4.69) is 119 Å². The number of para-hydroxylation sites is 1. The molecule has 5 rings (SSSR count). The van der Waals surface area contributed by atoms with E-state index in [0.29, 0.717) is 5.41 Å². The summed E-state index contributed by atoms with van der Waals surface area (Å²) < 4.78 is 4.63. The first-order chi connectivity index (χ1) is 19.8. The fourth-order valence-electron chi connectivity index (χ4n) is 6.78. The van der Waals surface area contributed by atoms with Gasteiger partial charge in [-0.15, -0.1) is 5.41 Å². The van der Waals surface area contributed by atoms with Crippen LogP contribution in [0.1, 0.15) is 94.0 Å². The minimum atomic E-state index is -0.161. The van der Waals surface area contributed by atoms with Gasteiger partial charge >= 0.3 is 143 Å². The van der Waals surface area contributed by atoms with Crippen LogP contribution in [0.25, 0.3) is 0 Å². The molecule has 3 aromatic carbocycles. The summed E-state index contributed by atoms with van der Waals surface area (Å²) in [5, 5.41) is 0. The maximum absolute atomic E-state index is 5.90. The molecular formula is C36H46ClN2PbRu-. The third-order valence-electron chi connectivity index (χ3n) is 8.68. The van der Waals surface area contributed by atoms with Crippen molar-refractivity contribution in [2.45, 2.75) is 97.7 Å². The molecule has 5 heteroatoms. The predicted octanol–water partition coefficient (Wildman–Crippen LogP) is 9.07. The Balaban J connectivity index is 0.000000191. The van der Waals surface area contributed by atoms with Crippen molar-refractivity contribution in [3.8, 4) is 0 Å². The van der Waals surface area contributed by atoms with Crippen LogP contribution in [0, 0.1) is 12.0 Å². The SMILES string of the molecule is CCc1cccc(CC)c1N1[CH-]C2(CCCCC2)CC1(C)C.[Cl][Ru]=[CH]c1ccccc1C[N]([Pb])Cc1ccccc1. The molecule has 0 aromatic heterocycles. The van der Waals surface area contributed by atoms with Crippen LogP contribution >= 0.6 is 9.69 Å². The van der Waals surface area contributed by atoms with Crippen LogP contribution in [-0.4, -0.2) is 38.9 Å². The molecule has 0 atom stereocenters. The second kappa shape index (κ2) is 15.7. The summed E-state index contributed by atoms with van der Waals surface area (Å²) in [6.07, 6.45) is 10.6. The van der Waals surface area contributed by atoms with Gasteiger partial charge < -0.3 is 4.90 Å². The number of hydrogen-bond acceptors (Lipinski definition) is 2. The average Bonchev–Trinajstić information content (AvgIpc) is 3.23. The van der Waals surface area contributed by atoms with Gasteiger partial charge in [-0.25, -0.2) is 6.54 Å². The molecule has 1 saturated carbocycles. The Kier molecular flexibility index (Phi) is 12.7. The van der Waals surface area contributed by atoms with E-state index >= 15 is 0 Å². The Morgan fingerprint density at radius 2 is 1.46 bits per heavy atom. The van der Waals surface area contributed by atoms with Crippen LogP contribution in [-0.2, 0) is 41.6 Å². The summed E-state index contributed by atoms with van der Waals surface area (Å²) in [4.78, 5) is 2.66. The molecule has 2 nitrogen and oxygen atoms in total. The fraction of sp³-hybridized carbons (Fsp3) is 0.444. The van der Waals surface area contributed by atoms with E-state index in [4.69, 9.17) is 9.69 Å². The number of halogens is 1. The predicted molar refractivity (Wildman–Crippen MR) is 175 cm³/mol. The summed E-state index contributed by atoms with van der Waals surface area (Å²) >= 11 is 0.893. The van der Waals surface area contributed by atoms with Gasteiger partial charge in [0, 0.05) is 11.2 Å². The van der Waals surface area contributed by atoms with Crippen molar-refractivity contribution in [3.05, 3.63) is 107 Å². The van der Waals surface area contributed by atoms with Gasteiger partial charge in [-0.1, -0.05) is 70.6 Å². The summed E-state index contributed by atoms with van der Waals surface area (Å²) in [7, 11) is 5.90. The average molecular weight is 851 g/mol. The zero-order valence-electron chi connectivity index (χ0n) is 25.3. The Bertz CT molecular complexity index is 1250. The van der Waals surface area contributed by atoms with Crippen molar-refractivity contribution in [1.82, 2.24) is 2.71 Å². The van der Waals surface area contributed by atoms with E-state index in [-0.39, 0.29) is 21.2 Å². The minimum absolute atomic E-state index is 0.161. The second-order valence-corrected chi connectivity index (χ2v) is 16.5. The van der Waals surface area contributed by atoms with E-state index in [9.17, 15) is 0 Å². The summed E-state index contributed by atoms with van der Waals surface area (Å²) in [5.74, 6) is 0. The Morgan fingerprint density at radius 1 is 0.854 bits per heavy atom. The molecule has 2 aliphatic rings. The molecule has 0 unspecified atom stereocenters. The zero-order valence-corrected chi connectivity index (χ0v) is 31.7. The molecule has 0 amide bonds. The number of aryl methyl sites for hydroxylation is 2. The molecule has 1 heterocycles. The van der Waals surface area contributed by atoms with Crippen molar-refractivity contribution in [1.29, 1.82) is 0 Å². The Labute approximate surface area is 277 Å². The van der Waals surface area contributed by atoms with Gasteiger partial charge in [-0.05, 0) is 37.8 Å². The van der Waals surface area contributed by atoms with Crippen molar-refractivity contribution in [3.63, 3.8) is 0 Å². The Hall–Kier alpha value is -0.875. The van der Waals surface area contributed by atoms with Crippen molar-refractivity contribution in [2.24, 2.45) is 5.41 Å². The van der Waals surface area contributed by atoms with Crippen LogP contribution in [0.2, 0.25) is 0 Å². The molecule has 220 valence electrons. The molecule has 3 aromatic rings. The molecule has 0 N–H and O–H groups in total. The molecule has 41 heavy (non-hydrogen) atoms. The standard InChI is InChI=1S/C21H32N.C15H14N.ClH.Pb.Ru/c1-5-17-11-10-12-18(6-2)19(17)22-16-21(15-20(22,3)4)13-8-7-9-14-21;1-13-7-5-6-10-15(13)12-16-11-14-8-3-2-4-9-14;;;/h10-12,16H,5-9,13-15H2,1-4H3;1-10H,11-12H2;1H;;/q2*-1;;2*+1/p-1. The molecule has 2 fully saturated rings. The number of benzene rings is 3. The van der Waals surface area contributed by atoms with Gasteiger partial charge in [0.15, 0.2) is 0 Å². The molecular weight excluding hydrogens is 804 g/mol. The molecule has 1 saturated heterocycles. The topological polar surface area (TPSA) is 6.48 Å². The first-order valence-electron chi connectivity index (χ1n) is 15.2. The number of nitrogens with zero attached hydrogens (tertiary/aromatic N) is 2. The summed E-state index contributed by atoms with van der Waals surface area (Å²) in [6.45, 7) is 14.1. The second-order valence-electron chi connectivity index (χ2n) is 12.3. The van der Waals surface area contributed by atoms with Crippen LogP contribution in [0.3, 0.4) is 0 Å². The van der Waals surface area contributed by atoms with E-state index in [1.807, 2.05) is 0 Å². The van der Waals surface area contributed by atoms with Gasteiger partial charge in [-0.3, -0.25) is 0 Å². The molecule has 1 aliphatic carbocycles. The van der Waals surface area contributed by atoms with Gasteiger partial charge in [0.05, 0.1) is 0 Å². The van der Waals surface area contributed by atoms with Gasteiger partial charge in [0.2, 0.25) is 0 Å². The number of hydrogen-bond donors (Lipinski definition) is 0. The molecule has 1 spiro atoms. The van der Waals surface area contributed by atoms with Gasteiger partial charge in [0.25, 0.3) is 0 Å². The number of anilines is 1. The normalized spacial score (nSPS) is 17.9. The Morgan fingerprint density at radius 3 is 2.10 bits per heavy atom. The third-order valence-corrected chi connectivity index (χ3v) is 11.1. The van der Waals surface area contributed by atoms with E-state index in [1.54, 1.807) is 0 Å². The van der Waals surface area contributed by atoms with Crippen molar-refractivity contribution < 1.29 is 15.7 Å². The zero-order chi connectivity index (χ0) is 29.3. The summed E-state index contributed by atoms with van der Waals surface area (Å²) in [6, 6.07) is 26.1. The van der Waals surface area contributed by atoms with Crippen LogP contribution in [0.15, 0.2) is 72.8 Å². The summed E-state index contributed by atoms with van der Waals surface area (Å²) in [5.41, 5.74) is 9.29. The maximum atomic E-state index is 5.90. The first-order valence-corrected chi connectivity index (χ1v) is 20.2. The number of rotatable bonds is 8. The van der Waals surface area contributed by atoms with Crippen molar-refractivity contribution >= 4 is 46.1 Å². The quantitative estimate of drug-likeness (QED) is 0.165. The van der Waals surface area contributed by atoms with E-state index in [0.717, 1.165) is 52.0 Å². The van der Waals surface area contributed by atoms with E-state index in [1.165, 1.54) is 72.0 Å². The fourth-order valence-corrected chi connectivity index (χ4v) is 9.34. The van der Waals surface area contributed by atoms with Gasteiger partial charge in [0.1, 0.15) is 0 Å². The van der Waals surface area contributed by atoms with Crippen molar-refractivity contribution in [2.75, 3.05) is 4.90 Å². The third kappa shape index (κ3) is 8.84. The molecule has 1 aliphatic heterocycles. The molecule has 0 bridgehead atoms. The van der Waals surface area contributed by atoms with Crippen LogP contribution in [0.4, 0.5) is 5.69 Å². The monoisotopic (exact) mass is 851 g/mol. The van der Waals surface area contributed by atoms with Gasteiger partial charge in [-0.2, -0.15) is 0 Å². The van der Waals surface area contributed by atoms with Crippen LogP contribution in [0.5, 0.6) is 0 Å².